The molecule has 1 aromatic carbocycles. The lowest BCUT2D eigenvalue weighted by Gasteiger charge is -2.30. The average molecular weight is 332 g/mol. The van der Waals surface area contributed by atoms with Gasteiger partial charge >= 0.3 is 0 Å². The molecular formula is C20H32N2O2. The van der Waals surface area contributed by atoms with Crippen molar-refractivity contribution in [3.05, 3.63) is 29.3 Å². The van der Waals surface area contributed by atoms with Crippen LogP contribution in [0.5, 0.6) is 5.75 Å². The van der Waals surface area contributed by atoms with Crippen LogP contribution in [0.4, 0.5) is 0 Å². The van der Waals surface area contributed by atoms with E-state index in [9.17, 15) is 4.79 Å². The molecule has 1 aliphatic rings. The molecule has 2 rings (SSSR count). The fourth-order valence-electron chi connectivity index (χ4n) is 3.04. The molecule has 24 heavy (non-hydrogen) atoms. The number of hydrogen-bond donors (Lipinski definition) is 1. The van der Waals surface area contributed by atoms with Crippen LogP contribution in [0.15, 0.2) is 18.2 Å². The SMILES string of the molecule is Cc1cccc(O[C@H](C)C(=O)NCCCN2CCC(C)CC2)c1C. The summed E-state index contributed by atoms with van der Waals surface area (Å²) in [6.07, 6.45) is 3.12. The monoisotopic (exact) mass is 332 g/mol. The first-order chi connectivity index (χ1) is 11.5. The second kappa shape index (κ2) is 9.07. The maximum atomic E-state index is 12.2. The molecule has 0 saturated carbocycles. The van der Waals surface area contributed by atoms with Crippen LogP contribution in [0.1, 0.15) is 44.2 Å². The minimum absolute atomic E-state index is 0.0387. The molecule has 1 aliphatic heterocycles. The van der Waals surface area contributed by atoms with Crippen LogP contribution in [0.25, 0.3) is 0 Å². The summed E-state index contributed by atoms with van der Waals surface area (Å²) in [6.45, 7) is 12.4. The van der Waals surface area contributed by atoms with E-state index in [-0.39, 0.29) is 5.91 Å². The summed E-state index contributed by atoms with van der Waals surface area (Å²) >= 11 is 0. The number of benzene rings is 1. The van der Waals surface area contributed by atoms with E-state index in [1.807, 2.05) is 39.0 Å². The first-order valence-electron chi connectivity index (χ1n) is 9.20. The third kappa shape index (κ3) is 5.52. The number of ether oxygens (including phenoxy) is 1. The Bertz CT molecular complexity index is 536. The molecule has 1 saturated heterocycles. The van der Waals surface area contributed by atoms with Crippen molar-refractivity contribution in [3.8, 4) is 5.75 Å². The van der Waals surface area contributed by atoms with E-state index >= 15 is 0 Å². The highest BCUT2D eigenvalue weighted by Gasteiger charge is 2.17. The highest BCUT2D eigenvalue weighted by atomic mass is 16.5. The standard InChI is InChI=1S/C20H32N2O2/c1-15-9-13-22(14-10-15)12-6-11-21-20(23)18(4)24-19-8-5-7-16(2)17(19)3/h5,7-8,15,18H,6,9-14H2,1-4H3,(H,21,23)/t18-/m1/s1. The number of rotatable bonds is 7. The van der Waals surface area contributed by atoms with Crippen molar-refractivity contribution in [1.82, 2.24) is 10.2 Å². The first-order valence-corrected chi connectivity index (χ1v) is 9.20. The first kappa shape index (κ1) is 18.8. The number of nitrogens with one attached hydrogen (secondary N) is 1. The van der Waals surface area contributed by atoms with Crippen LogP contribution in [-0.2, 0) is 4.79 Å². The van der Waals surface area contributed by atoms with Crippen molar-refractivity contribution >= 4 is 5.91 Å². The second-order valence-corrected chi connectivity index (χ2v) is 7.13. The Morgan fingerprint density at radius 3 is 2.75 bits per heavy atom. The van der Waals surface area contributed by atoms with Crippen LogP contribution in [0.2, 0.25) is 0 Å². The van der Waals surface area contributed by atoms with E-state index in [1.165, 1.54) is 31.5 Å². The Morgan fingerprint density at radius 2 is 2.04 bits per heavy atom. The molecule has 0 unspecified atom stereocenters. The lowest BCUT2D eigenvalue weighted by Crippen LogP contribution is -2.39. The van der Waals surface area contributed by atoms with Gasteiger partial charge < -0.3 is 15.0 Å². The molecule has 1 amide bonds. The van der Waals surface area contributed by atoms with Gasteiger partial charge in [0.05, 0.1) is 0 Å². The second-order valence-electron chi connectivity index (χ2n) is 7.13. The number of aryl methyl sites for hydroxylation is 1. The highest BCUT2D eigenvalue weighted by Crippen LogP contribution is 2.21. The number of hydrogen-bond acceptors (Lipinski definition) is 3. The maximum Gasteiger partial charge on any atom is 0.260 e. The van der Waals surface area contributed by atoms with Crippen LogP contribution in [-0.4, -0.2) is 43.1 Å². The number of carbonyl (C=O) groups excluding carboxylic acids is 1. The number of carbonyl (C=O) groups is 1. The van der Waals surface area contributed by atoms with E-state index in [4.69, 9.17) is 4.74 Å². The van der Waals surface area contributed by atoms with Gasteiger partial charge in [-0.25, -0.2) is 0 Å². The molecule has 4 nitrogen and oxygen atoms in total. The zero-order valence-corrected chi connectivity index (χ0v) is 15.6. The quantitative estimate of drug-likeness (QED) is 0.779. The minimum Gasteiger partial charge on any atom is -0.481 e. The summed E-state index contributed by atoms with van der Waals surface area (Å²) < 4.78 is 5.82. The topological polar surface area (TPSA) is 41.6 Å². The number of nitrogens with zero attached hydrogens (tertiary/aromatic N) is 1. The smallest absolute Gasteiger partial charge is 0.260 e. The lowest BCUT2D eigenvalue weighted by atomic mass is 9.99. The van der Waals surface area contributed by atoms with Crippen LogP contribution >= 0.6 is 0 Å². The number of amides is 1. The Labute approximate surface area is 146 Å². The van der Waals surface area contributed by atoms with Crippen LogP contribution in [0.3, 0.4) is 0 Å². The fraction of sp³-hybridized carbons (Fsp3) is 0.650. The van der Waals surface area contributed by atoms with Crippen molar-refractivity contribution in [2.45, 2.75) is 53.1 Å². The molecule has 1 heterocycles. The van der Waals surface area contributed by atoms with Gasteiger partial charge in [-0.2, -0.15) is 0 Å². The van der Waals surface area contributed by atoms with Gasteiger partial charge in [0.25, 0.3) is 5.91 Å². The minimum atomic E-state index is -0.471. The maximum absolute atomic E-state index is 12.2. The van der Waals surface area contributed by atoms with Gasteiger partial charge in [-0.05, 0) is 82.8 Å². The van der Waals surface area contributed by atoms with Gasteiger partial charge in [0.2, 0.25) is 0 Å². The zero-order chi connectivity index (χ0) is 17.5. The van der Waals surface area contributed by atoms with Crippen LogP contribution < -0.4 is 10.1 Å². The third-order valence-electron chi connectivity index (χ3n) is 5.05. The van der Waals surface area contributed by atoms with Crippen molar-refractivity contribution in [3.63, 3.8) is 0 Å². The molecule has 1 N–H and O–H groups in total. The summed E-state index contributed by atoms with van der Waals surface area (Å²) in [5.41, 5.74) is 2.27. The van der Waals surface area contributed by atoms with Gasteiger partial charge in [0.15, 0.2) is 6.10 Å². The summed E-state index contributed by atoms with van der Waals surface area (Å²) in [5, 5.41) is 2.99. The predicted octanol–water partition coefficient (Wildman–Crippen LogP) is 3.31. The Kier molecular flexibility index (Phi) is 7.10. The van der Waals surface area contributed by atoms with Crippen molar-refractivity contribution in [2.24, 2.45) is 5.92 Å². The molecule has 0 aromatic heterocycles. The third-order valence-corrected chi connectivity index (χ3v) is 5.05. The summed E-state index contributed by atoms with van der Waals surface area (Å²) in [6, 6.07) is 5.93. The number of likely N-dealkylation sites (tertiary alicyclic amines) is 1. The zero-order valence-electron chi connectivity index (χ0n) is 15.6. The largest absolute Gasteiger partial charge is 0.481 e. The molecule has 0 radical (unpaired) electrons. The predicted molar refractivity (Wildman–Crippen MR) is 98.5 cm³/mol. The molecule has 134 valence electrons. The molecular weight excluding hydrogens is 300 g/mol. The molecule has 0 aliphatic carbocycles. The normalized spacial score (nSPS) is 17.5. The van der Waals surface area contributed by atoms with Crippen molar-refractivity contribution in [2.75, 3.05) is 26.2 Å². The Morgan fingerprint density at radius 1 is 1.33 bits per heavy atom. The van der Waals surface area contributed by atoms with Gasteiger partial charge in [-0.3, -0.25) is 4.79 Å². The van der Waals surface area contributed by atoms with Gasteiger partial charge in [0, 0.05) is 6.54 Å². The molecule has 1 fully saturated rings. The average Bonchev–Trinajstić information content (AvgIpc) is 2.57. The van der Waals surface area contributed by atoms with Crippen molar-refractivity contribution < 1.29 is 9.53 Å². The summed E-state index contributed by atoms with van der Waals surface area (Å²) in [7, 11) is 0. The van der Waals surface area contributed by atoms with E-state index in [0.29, 0.717) is 6.54 Å². The lowest BCUT2D eigenvalue weighted by molar-refractivity contribution is -0.127. The van der Waals surface area contributed by atoms with Gasteiger partial charge in [-0.1, -0.05) is 19.1 Å². The van der Waals surface area contributed by atoms with E-state index in [0.717, 1.165) is 30.2 Å². The number of piperidine rings is 1. The fourth-order valence-corrected chi connectivity index (χ4v) is 3.04. The Hall–Kier alpha value is -1.55. The molecule has 0 spiro atoms. The van der Waals surface area contributed by atoms with Gasteiger partial charge in [0.1, 0.15) is 5.75 Å². The van der Waals surface area contributed by atoms with Gasteiger partial charge in [-0.15, -0.1) is 0 Å². The van der Waals surface area contributed by atoms with Crippen molar-refractivity contribution in [1.29, 1.82) is 0 Å². The Balaban J connectivity index is 1.67. The van der Waals surface area contributed by atoms with E-state index in [2.05, 4.69) is 17.1 Å². The highest BCUT2D eigenvalue weighted by molar-refractivity contribution is 5.80. The van der Waals surface area contributed by atoms with Crippen LogP contribution in [0, 0.1) is 19.8 Å². The molecule has 4 heteroatoms. The van der Waals surface area contributed by atoms with E-state index in [1.54, 1.807) is 0 Å². The van der Waals surface area contributed by atoms with E-state index < -0.39 is 6.10 Å². The summed E-state index contributed by atoms with van der Waals surface area (Å²) in [4.78, 5) is 14.7. The molecule has 1 atom stereocenters. The molecule has 0 bridgehead atoms. The summed E-state index contributed by atoms with van der Waals surface area (Å²) in [5.74, 6) is 1.62. The molecule has 1 aromatic rings.